The van der Waals surface area contributed by atoms with Crippen LogP contribution in [-0.2, 0) is 6.54 Å². The third-order valence-corrected chi connectivity index (χ3v) is 1.77. The molecule has 0 saturated heterocycles. The summed E-state index contributed by atoms with van der Waals surface area (Å²) in [5, 5.41) is 0. The first kappa shape index (κ1) is 10.6. The van der Waals surface area contributed by atoms with E-state index in [1.807, 2.05) is 0 Å². The lowest BCUT2D eigenvalue weighted by molar-refractivity contribution is 0.144. The largest absolute Gasteiger partial charge is 0.482 e. The molecule has 14 heavy (non-hydrogen) atoms. The highest BCUT2D eigenvalue weighted by Crippen LogP contribution is 2.28. The third kappa shape index (κ3) is 1.90. The van der Waals surface area contributed by atoms with Crippen LogP contribution in [0.5, 0.6) is 5.88 Å². The van der Waals surface area contributed by atoms with E-state index in [0.717, 1.165) is 6.07 Å². The molecule has 0 spiro atoms. The molecule has 0 fully saturated rings. The lowest BCUT2D eigenvalue weighted by Crippen LogP contribution is -2.14. The Hall–Kier alpha value is -1.43. The molecule has 0 unspecified atom stereocenters. The summed E-state index contributed by atoms with van der Waals surface area (Å²) in [7, 11) is 1.21. The highest BCUT2D eigenvalue weighted by Gasteiger charge is 2.19. The Balaban J connectivity index is 3.40. The maximum atomic E-state index is 12.5. The number of aromatic amines is 1. The molecule has 0 atom stereocenters. The van der Waals surface area contributed by atoms with E-state index in [9.17, 15) is 13.6 Å². The van der Waals surface area contributed by atoms with Crippen molar-refractivity contribution >= 4 is 0 Å². The second-order valence-electron chi connectivity index (χ2n) is 2.61. The van der Waals surface area contributed by atoms with Gasteiger partial charge in [0, 0.05) is 12.6 Å². The standard InChI is InChI=1S/C8H10F2N2O2/c1-14-8-6(7(9)10)4(3-11)2-5(13)12-8/h2,7H,3,11H2,1H3,(H,12,13). The summed E-state index contributed by atoms with van der Waals surface area (Å²) in [5.74, 6) is -0.229. The van der Waals surface area contributed by atoms with Gasteiger partial charge >= 0.3 is 0 Å². The van der Waals surface area contributed by atoms with E-state index in [4.69, 9.17) is 5.73 Å². The number of nitrogens with one attached hydrogen (secondary N) is 1. The van der Waals surface area contributed by atoms with Gasteiger partial charge in [-0.15, -0.1) is 0 Å². The van der Waals surface area contributed by atoms with Crippen LogP contribution in [0.4, 0.5) is 8.78 Å². The molecule has 1 aromatic heterocycles. The van der Waals surface area contributed by atoms with Crippen LogP contribution in [0.25, 0.3) is 0 Å². The minimum Gasteiger partial charge on any atom is -0.482 e. The van der Waals surface area contributed by atoms with E-state index in [-0.39, 0.29) is 23.6 Å². The Labute approximate surface area is 78.7 Å². The molecule has 0 aliphatic carbocycles. The first-order valence-corrected chi connectivity index (χ1v) is 3.88. The van der Waals surface area contributed by atoms with Crippen LogP contribution in [-0.4, -0.2) is 12.1 Å². The molecule has 1 aromatic rings. The van der Waals surface area contributed by atoms with Crippen molar-refractivity contribution in [1.29, 1.82) is 0 Å². The average Bonchev–Trinajstić information content (AvgIpc) is 2.15. The van der Waals surface area contributed by atoms with E-state index in [0.29, 0.717) is 0 Å². The minimum absolute atomic E-state index is 0.0978. The predicted molar refractivity (Wildman–Crippen MR) is 46.5 cm³/mol. The van der Waals surface area contributed by atoms with Crippen LogP contribution in [0.1, 0.15) is 17.6 Å². The van der Waals surface area contributed by atoms with Gasteiger partial charge in [-0.3, -0.25) is 9.78 Å². The Morgan fingerprint density at radius 3 is 2.71 bits per heavy atom. The molecule has 4 nitrogen and oxygen atoms in total. The van der Waals surface area contributed by atoms with Crippen molar-refractivity contribution in [3.05, 3.63) is 27.5 Å². The highest BCUT2D eigenvalue weighted by molar-refractivity contribution is 5.35. The number of H-pyrrole nitrogens is 1. The molecular formula is C8H10F2N2O2. The van der Waals surface area contributed by atoms with Crippen molar-refractivity contribution in [3.8, 4) is 5.88 Å². The summed E-state index contributed by atoms with van der Waals surface area (Å²) in [5.41, 5.74) is 4.48. The molecule has 6 heteroatoms. The zero-order valence-electron chi connectivity index (χ0n) is 7.51. The molecule has 78 valence electrons. The van der Waals surface area contributed by atoms with Gasteiger partial charge < -0.3 is 10.5 Å². The topological polar surface area (TPSA) is 68.1 Å². The SMILES string of the molecule is COc1[nH]c(=O)cc(CN)c1C(F)F. The highest BCUT2D eigenvalue weighted by atomic mass is 19.3. The zero-order valence-corrected chi connectivity index (χ0v) is 7.51. The summed E-state index contributed by atoms with van der Waals surface area (Å²) in [6.07, 6.45) is -2.72. The fourth-order valence-corrected chi connectivity index (χ4v) is 1.17. The Bertz CT molecular complexity index is 348. The number of halogens is 2. The second kappa shape index (κ2) is 4.19. The number of nitrogens with two attached hydrogens (primary N) is 1. The van der Waals surface area contributed by atoms with Gasteiger partial charge in [-0.05, 0) is 5.56 Å². The van der Waals surface area contributed by atoms with E-state index >= 15 is 0 Å². The molecule has 0 aliphatic heterocycles. The number of alkyl halides is 2. The van der Waals surface area contributed by atoms with E-state index in [1.165, 1.54) is 7.11 Å². The maximum Gasteiger partial charge on any atom is 0.269 e. The van der Waals surface area contributed by atoms with Crippen molar-refractivity contribution in [2.24, 2.45) is 5.73 Å². The van der Waals surface area contributed by atoms with Crippen LogP contribution in [0.2, 0.25) is 0 Å². The molecule has 0 aliphatic rings. The van der Waals surface area contributed by atoms with Crippen molar-refractivity contribution in [1.82, 2.24) is 4.98 Å². The third-order valence-electron chi connectivity index (χ3n) is 1.77. The molecule has 0 aromatic carbocycles. The monoisotopic (exact) mass is 204 g/mol. The smallest absolute Gasteiger partial charge is 0.269 e. The molecular weight excluding hydrogens is 194 g/mol. The summed E-state index contributed by atoms with van der Waals surface area (Å²) in [6, 6.07) is 1.05. The molecule has 0 radical (unpaired) electrons. The van der Waals surface area contributed by atoms with Crippen LogP contribution in [0.3, 0.4) is 0 Å². The molecule has 0 amide bonds. The maximum absolute atomic E-state index is 12.5. The fourth-order valence-electron chi connectivity index (χ4n) is 1.17. The average molecular weight is 204 g/mol. The molecule has 1 heterocycles. The Morgan fingerprint density at radius 2 is 2.29 bits per heavy atom. The number of ether oxygens (including phenoxy) is 1. The first-order chi connectivity index (χ1) is 6.60. The molecule has 1 rings (SSSR count). The van der Waals surface area contributed by atoms with Crippen LogP contribution in [0, 0.1) is 0 Å². The van der Waals surface area contributed by atoms with Gasteiger partial charge in [0.25, 0.3) is 12.0 Å². The first-order valence-electron chi connectivity index (χ1n) is 3.88. The predicted octanol–water partition coefficient (Wildman–Crippen LogP) is 0.780. The molecule has 3 N–H and O–H groups in total. The van der Waals surface area contributed by atoms with Crippen LogP contribution in [0.15, 0.2) is 10.9 Å². The van der Waals surface area contributed by atoms with Gasteiger partial charge in [-0.1, -0.05) is 0 Å². The quantitative estimate of drug-likeness (QED) is 0.764. The molecule has 0 bridgehead atoms. The van der Waals surface area contributed by atoms with Gasteiger partial charge in [-0.2, -0.15) is 0 Å². The lowest BCUT2D eigenvalue weighted by Gasteiger charge is -2.10. The van der Waals surface area contributed by atoms with Gasteiger partial charge in [-0.25, -0.2) is 8.78 Å². The summed E-state index contributed by atoms with van der Waals surface area (Å²) >= 11 is 0. The Morgan fingerprint density at radius 1 is 1.64 bits per heavy atom. The van der Waals surface area contributed by atoms with E-state index in [2.05, 4.69) is 9.72 Å². The molecule has 0 saturated carbocycles. The van der Waals surface area contributed by atoms with E-state index < -0.39 is 12.0 Å². The van der Waals surface area contributed by atoms with Crippen molar-refractivity contribution in [3.63, 3.8) is 0 Å². The van der Waals surface area contributed by atoms with Gasteiger partial charge in [0.1, 0.15) is 0 Å². The number of hydrogen-bond donors (Lipinski definition) is 2. The van der Waals surface area contributed by atoms with Gasteiger partial charge in [0.15, 0.2) is 0 Å². The van der Waals surface area contributed by atoms with Crippen molar-refractivity contribution < 1.29 is 13.5 Å². The number of rotatable bonds is 3. The Kier molecular flexibility index (Phi) is 3.19. The van der Waals surface area contributed by atoms with Crippen LogP contribution >= 0.6 is 0 Å². The summed E-state index contributed by atoms with van der Waals surface area (Å²) in [4.78, 5) is 13.1. The normalized spacial score (nSPS) is 10.6. The van der Waals surface area contributed by atoms with Gasteiger partial charge in [0.2, 0.25) is 5.88 Å². The van der Waals surface area contributed by atoms with Crippen LogP contribution < -0.4 is 16.0 Å². The number of pyridine rings is 1. The number of methoxy groups -OCH3 is 1. The zero-order chi connectivity index (χ0) is 10.7. The van der Waals surface area contributed by atoms with Crippen molar-refractivity contribution in [2.75, 3.05) is 7.11 Å². The summed E-state index contributed by atoms with van der Waals surface area (Å²) in [6.45, 7) is -0.125. The second-order valence-corrected chi connectivity index (χ2v) is 2.61. The number of aromatic nitrogens is 1. The summed E-state index contributed by atoms with van der Waals surface area (Å²) < 4.78 is 29.7. The fraction of sp³-hybridized carbons (Fsp3) is 0.375. The number of hydrogen-bond acceptors (Lipinski definition) is 3. The van der Waals surface area contributed by atoms with Gasteiger partial charge in [0.05, 0.1) is 12.7 Å². The lowest BCUT2D eigenvalue weighted by atomic mass is 10.1. The van der Waals surface area contributed by atoms with E-state index in [1.54, 1.807) is 0 Å². The minimum atomic E-state index is -2.72. The van der Waals surface area contributed by atoms with Crippen molar-refractivity contribution in [2.45, 2.75) is 13.0 Å².